The Morgan fingerprint density at radius 3 is 2.79 bits per heavy atom. The van der Waals surface area contributed by atoms with E-state index >= 15 is 0 Å². The number of thioether (sulfide) groups is 1. The number of hydrogen-bond acceptors (Lipinski definition) is 4. The molecule has 0 atom stereocenters. The summed E-state index contributed by atoms with van der Waals surface area (Å²) in [6.45, 7) is 5.09. The van der Waals surface area contributed by atoms with Gasteiger partial charge in [-0.15, -0.1) is 10.2 Å². The van der Waals surface area contributed by atoms with Crippen LogP contribution in [0.4, 0.5) is 0 Å². The minimum absolute atomic E-state index is 0.819. The van der Waals surface area contributed by atoms with Crippen molar-refractivity contribution in [3.63, 3.8) is 0 Å². The minimum Gasteiger partial charge on any atom is -0.305 e. The van der Waals surface area contributed by atoms with E-state index in [2.05, 4.69) is 56.9 Å². The van der Waals surface area contributed by atoms with Gasteiger partial charge in [-0.1, -0.05) is 65.8 Å². The Bertz CT molecular complexity index is 997. The monoisotopic (exact) mass is 410 g/mol. The zero-order valence-electron chi connectivity index (χ0n) is 16.1. The second-order valence-corrected chi connectivity index (χ2v) is 8.70. The zero-order chi connectivity index (χ0) is 19.5. The van der Waals surface area contributed by atoms with E-state index in [1.165, 1.54) is 16.0 Å². The molecule has 0 aliphatic carbocycles. The first-order valence-electron chi connectivity index (χ1n) is 9.39. The van der Waals surface area contributed by atoms with E-state index in [-0.39, 0.29) is 0 Å². The van der Waals surface area contributed by atoms with E-state index < -0.39 is 0 Å². The lowest BCUT2D eigenvalue weighted by molar-refractivity contribution is 0.281. The highest BCUT2D eigenvalue weighted by molar-refractivity contribution is 8.02. The molecule has 0 bridgehead atoms. The minimum atomic E-state index is 0.819. The molecule has 0 saturated carbocycles. The molecule has 1 aromatic heterocycles. The molecule has 0 N–H and O–H groups in total. The van der Waals surface area contributed by atoms with Gasteiger partial charge in [-0.2, -0.15) is 0 Å². The van der Waals surface area contributed by atoms with Crippen molar-refractivity contribution in [2.24, 2.45) is 7.05 Å². The molecule has 3 aromatic rings. The van der Waals surface area contributed by atoms with Crippen molar-refractivity contribution < 1.29 is 0 Å². The molecule has 2 heterocycles. The van der Waals surface area contributed by atoms with Crippen molar-refractivity contribution in [2.75, 3.05) is 13.1 Å². The van der Waals surface area contributed by atoms with Crippen LogP contribution in [-0.2, 0) is 20.0 Å². The molecule has 144 valence electrons. The lowest BCUT2D eigenvalue weighted by Crippen LogP contribution is -2.30. The van der Waals surface area contributed by atoms with Crippen molar-refractivity contribution in [3.8, 4) is 11.4 Å². The van der Waals surface area contributed by atoms with Crippen LogP contribution in [0, 0.1) is 0 Å². The fourth-order valence-corrected chi connectivity index (χ4v) is 4.37. The lowest BCUT2D eigenvalue weighted by Gasteiger charge is -2.28. The Morgan fingerprint density at radius 1 is 1.14 bits per heavy atom. The molecule has 4 rings (SSSR count). The van der Waals surface area contributed by atoms with E-state index in [0.29, 0.717) is 0 Å². The third kappa shape index (κ3) is 4.32. The molecule has 4 nitrogen and oxygen atoms in total. The quantitative estimate of drug-likeness (QED) is 0.542. The van der Waals surface area contributed by atoms with Crippen LogP contribution in [0.5, 0.6) is 0 Å². The summed E-state index contributed by atoms with van der Waals surface area (Å²) < 4.78 is 2.05. The first-order chi connectivity index (χ1) is 13.6. The molecule has 0 unspecified atom stereocenters. The normalized spacial score (nSPS) is 14.9. The van der Waals surface area contributed by atoms with E-state index in [9.17, 15) is 0 Å². The predicted octanol–water partition coefficient (Wildman–Crippen LogP) is 5.19. The van der Waals surface area contributed by atoms with Crippen molar-refractivity contribution in [1.82, 2.24) is 19.7 Å². The summed E-state index contributed by atoms with van der Waals surface area (Å²) in [4.78, 5) is 3.68. The van der Waals surface area contributed by atoms with Crippen LogP contribution in [0.3, 0.4) is 0 Å². The smallest absolute Gasteiger partial charge is 0.195 e. The number of hydrogen-bond donors (Lipinski definition) is 0. The number of nitrogens with zero attached hydrogens (tertiary/aromatic N) is 4. The first kappa shape index (κ1) is 19.2. The summed E-state index contributed by atoms with van der Waals surface area (Å²) in [6, 6.07) is 16.4. The largest absolute Gasteiger partial charge is 0.305 e. The van der Waals surface area contributed by atoms with Crippen LogP contribution in [0.1, 0.15) is 18.1 Å². The Labute approximate surface area is 175 Å². The molecular weight excluding hydrogens is 388 g/mol. The van der Waals surface area contributed by atoms with E-state index in [1.807, 2.05) is 31.3 Å². The fraction of sp³-hybridized carbons (Fsp3) is 0.273. The number of allylic oxidation sites excluding steroid dienone is 1. The SMILES string of the molecule is C/C(=C\CN1CCc2ccc(Cl)cc2C1)Sc1nnc(-c2ccccc2)n1C. The van der Waals surface area contributed by atoms with Gasteiger partial charge in [-0.25, -0.2) is 0 Å². The number of fused-ring (bicyclic) bond motifs is 1. The Hall–Kier alpha value is -2.08. The van der Waals surface area contributed by atoms with Crippen LogP contribution in [0.15, 0.2) is 64.7 Å². The van der Waals surface area contributed by atoms with Gasteiger partial charge in [-0.3, -0.25) is 4.90 Å². The fourth-order valence-electron chi connectivity index (χ4n) is 3.43. The van der Waals surface area contributed by atoms with Crippen molar-refractivity contribution >= 4 is 23.4 Å². The van der Waals surface area contributed by atoms with Gasteiger partial charge in [0.2, 0.25) is 0 Å². The van der Waals surface area contributed by atoms with Gasteiger partial charge < -0.3 is 4.57 Å². The summed E-state index contributed by atoms with van der Waals surface area (Å²) in [5.41, 5.74) is 3.85. The highest BCUT2D eigenvalue weighted by Crippen LogP contribution is 2.28. The predicted molar refractivity (Wildman–Crippen MR) is 116 cm³/mol. The molecule has 0 amide bonds. The second kappa shape index (κ2) is 8.52. The Balaban J connectivity index is 1.40. The third-order valence-electron chi connectivity index (χ3n) is 5.02. The van der Waals surface area contributed by atoms with E-state index in [4.69, 9.17) is 11.6 Å². The van der Waals surface area contributed by atoms with Crippen molar-refractivity contribution in [2.45, 2.75) is 25.0 Å². The van der Waals surface area contributed by atoms with Crippen molar-refractivity contribution in [3.05, 3.63) is 75.7 Å². The number of aromatic nitrogens is 3. The Kier molecular flexibility index (Phi) is 5.85. The lowest BCUT2D eigenvalue weighted by atomic mass is 10.00. The van der Waals surface area contributed by atoms with Crippen LogP contribution in [-0.4, -0.2) is 32.8 Å². The summed E-state index contributed by atoms with van der Waals surface area (Å²) >= 11 is 7.82. The van der Waals surface area contributed by atoms with Gasteiger partial charge in [-0.05, 0) is 41.5 Å². The number of rotatable bonds is 5. The molecule has 6 heteroatoms. The maximum absolute atomic E-state index is 6.15. The van der Waals surface area contributed by atoms with Gasteiger partial charge in [0.05, 0.1) is 0 Å². The standard InChI is InChI=1S/C22H23ClN4S/c1-16(10-12-27-13-11-17-8-9-20(23)14-19(17)15-27)28-22-25-24-21(26(22)2)18-6-4-3-5-7-18/h3-10,14H,11-13,15H2,1-2H3/b16-10+. The Morgan fingerprint density at radius 2 is 1.96 bits per heavy atom. The van der Waals surface area contributed by atoms with Crippen LogP contribution < -0.4 is 0 Å². The number of benzene rings is 2. The van der Waals surface area contributed by atoms with Crippen molar-refractivity contribution in [1.29, 1.82) is 0 Å². The molecule has 2 aromatic carbocycles. The summed E-state index contributed by atoms with van der Waals surface area (Å²) in [7, 11) is 2.02. The average molecular weight is 411 g/mol. The average Bonchev–Trinajstić information content (AvgIpc) is 3.07. The summed E-state index contributed by atoms with van der Waals surface area (Å²) in [5.74, 6) is 0.889. The second-order valence-electron chi connectivity index (χ2n) is 7.05. The molecule has 1 aliphatic rings. The number of halogens is 1. The highest BCUT2D eigenvalue weighted by Gasteiger charge is 2.16. The van der Waals surface area contributed by atoms with Crippen LogP contribution >= 0.6 is 23.4 Å². The third-order valence-corrected chi connectivity index (χ3v) is 6.28. The maximum Gasteiger partial charge on any atom is 0.195 e. The molecule has 28 heavy (non-hydrogen) atoms. The van der Waals surface area contributed by atoms with Crippen LogP contribution in [0.25, 0.3) is 11.4 Å². The summed E-state index contributed by atoms with van der Waals surface area (Å²) in [6.07, 6.45) is 3.35. The molecule has 0 fully saturated rings. The zero-order valence-corrected chi connectivity index (χ0v) is 17.7. The highest BCUT2D eigenvalue weighted by atomic mass is 35.5. The van der Waals surface area contributed by atoms with Gasteiger partial charge in [0, 0.05) is 37.3 Å². The topological polar surface area (TPSA) is 34.0 Å². The van der Waals surface area contributed by atoms with Gasteiger partial charge in [0.25, 0.3) is 0 Å². The van der Waals surface area contributed by atoms with E-state index in [1.54, 1.807) is 11.8 Å². The summed E-state index contributed by atoms with van der Waals surface area (Å²) in [5, 5.41) is 10.5. The molecule has 0 spiro atoms. The van der Waals surface area contributed by atoms with Gasteiger partial charge in [0.1, 0.15) is 0 Å². The van der Waals surface area contributed by atoms with Crippen LogP contribution in [0.2, 0.25) is 5.02 Å². The van der Waals surface area contributed by atoms with Gasteiger partial charge in [0.15, 0.2) is 11.0 Å². The molecule has 0 radical (unpaired) electrons. The maximum atomic E-state index is 6.15. The first-order valence-corrected chi connectivity index (χ1v) is 10.6. The molecular formula is C22H23ClN4S. The van der Waals surface area contributed by atoms with E-state index in [0.717, 1.165) is 47.6 Å². The van der Waals surface area contributed by atoms with Gasteiger partial charge >= 0.3 is 0 Å². The molecule has 1 aliphatic heterocycles. The molecule has 0 saturated heterocycles.